The molecule has 0 saturated heterocycles. The largest absolute Gasteiger partial charge is 0.541 e. The molecule has 0 aromatic carbocycles. The zero-order valence-electron chi connectivity index (χ0n) is 9.64. The summed E-state index contributed by atoms with van der Waals surface area (Å²) in [6.07, 6.45) is 3.57. The van der Waals surface area contributed by atoms with Gasteiger partial charge in [0.2, 0.25) is 0 Å². The van der Waals surface area contributed by atoms with Crippen LogP contribution in [0.5, 0.6) is 5.75 Å². The molecule has 1 aromatic rings. The number of aromatic amines is 1. The molecule has 0 spiro atoms. The van der Waals surface area contributed by atoms with Crippen molar-refractivity contribution in [3.63, 3.8) is 0 Å². The van der Waals surface area contributed by atoms with Crippen LogP contribution in [0.1, 0.15) is 20.8 Å². The molecular weight excluding hydrogens is 192 g/mol. The monoisotopic (exact) mass is 212 g/mol. The van der Waals surface area contributed by atoms with Crippen molar-refractivity contribution in [3.8, 4) is 5.75 Å². The molecule has 4 heteroatoms. The van der Waals surface area contributed by atoms with Crippen molar-refractivity contribution in [2.24, 2.45) is 0 Å². The van der Waals surface area contributed by atoms with Gasteiger partial charge in [0.25, 0.3) is 8.32 Å². The van der Waals surface area contributed by atoms with Gasteiger partial charge in [-0.2, -0.15) is 0 Å². The molecule has 0 fully saturated rings. The van der Waals surface area contributed by atoms with E-state index in [0.29, 0.717) is 5.69 Å². The van der Waals surface area contributed by atoms with E-state index in [9.17, 15) is 0 Å². The number of aromatic nitrogens is 1. The highest BCUT2D eigenvalue weighted by Crippen LogP contribution is 2.38. The van der Waals surface area contributed by atoms with Crippen LogP contribution >= 0.6 is 0 Å². The molecule has 0 amide bonds. The molecule has 3 N–H and O–H groups in total. The molecule has 80 valence electrons. The molecule has 1 heterocycles. The molecule has 0 bridgehead atoms. The summed E-state index contributed by atoms with van der Waals surface area (Å²) in [5.74, 6) is 0.789. The number of H-pyrrole nitrogens is 1. The number of anilines is 1. The maximum absolute atomic E-state index is 6.02. The number of hydrogen-bond donors (Lipinski definition) is 2. The first kappa shape index (κ1) is 11.2. The van der Waals surface area contributed by atoms with Crippen LogP contribution in [0.4, 0.5) is 5.69 Å². The maximum atomic E-state index is 6.02. The van der Waals surface area contributed by atoms with E-state index in [1.165, 1.54) is 0 Å². The molecule has 3 nitrogen and oxygen atoms in total. The minimum absolute atomic E-state index is 0.205. The second-order valence-electron chi connectivity index (χ2n) is 5.14. The van der Waals surface area contributed by atoms with Crippen LogP contribution in [0, 0.1) is 0 Å². The fourth-order valence-electron chi connectivity index (χ4n) is 0.878. The van der Waals surface area contributed by atoms with Crippen molar-refractivity contribution in [2.45, 2.75) is 38.9 Å². The van der Waals surface area contributed by atoms with Crippen molar-refractivity contribution < 1.29 is 4.43 Å². The quantitative estimate of drug-likeness (QED) is 0.740. The van der Waals surface area contributed by atoms with Crippen LogP contribution in [0.2, 0.25) is 18.1 Å². The summed E-state index contributed by atoms with van der Waals surface area (Å²) in [6.45, 7) is 11.0. The van der Waals surface area contributed by atoms with Crippen molar-refractivity contribution in [3.05, 3.63) is 12.4 Å². The number of nitrogens with one attached hydrogen (secondary N) is 1. The Morgan fingerprint density at radius 1 is 1.29 bits per heavy atom. The molecule has 1 aromatic heterocycles. The predicted octanol–water partition coefficient (Wildman–Crippen LogP) is 2.98. The SMILES string of the molecule is CC(C)(C)[Si](C)(C)Oc1c[nH]cc1N. The first-order chi connectivity index (χ1) is 6.24. The van der Waals surface area contributed by atoms with Crippen LogP contribution in [0.25, 0.3) is 0 Å². The highest BCUT2D eigenvalue weighted by atomic mass is 28.4. The summed E-state index contributed by atoms with van der Waals surface area (Å²) in [4.78, 5) is 2.94. The Morgan fingerprint density at radius 3 is 2.21 bits per heavy atom. The van der Waals surface area contributed by atoms with Gasteiger partial charge in [0.1, 0.15) is 5.75 Å². The van der Waals surface area contributed by atoms with Gasteiger partial charge in [0.15, 0.2) is 0 Å². The lowest BCUT2D eigenvalue weighted by Crippen LogP contribution is -2.43. The topological polar surface area (TPSA) is 51.0 Å². The second-order valence-corrected chi connectivity index (χ2v) is 9.86. The molecule has 0 atom stereocenters. The zero-order chi connectivity index (χ0) is 11.0. The van der Waals surface area contributed by atoms with E-state index in [1.807, 2.05) is 6.20 Å². The Morgan fingerprint density at radius 2 is 1.86 bits per heavy atom. The Balaban J connectivity index is 2.84. The average Bonchev–Trinajstić information content (AvgIpc) is 2.33. The Hall–Kier alpha value is -0.903. The first-order valence-corrected chi connectivity index (χ1v) is 7.76. The third kappa shape index (κ3) is 2.12. The highest BCUT2D eigenvalue weighted by molar-refractivity contribution is 6.74. The van der Waals surface area contributed by atoms with Gasteiger partial charge >= 0.3 is 0 Å². The third-order valence-corrected chi connectivity index (χ3v) is 7.25. The molecular formula is C10H20N2OSi. The summed E-state index contributed by atoms with van der Waals surface area (Å²) >= 11 is 0. The lowest BCUT2D eigenvalue weighted by Gasteiger charge is -2.36. The summed E-state index contributed by atoms with van der Waals surface area (Å²) in [7, 11) is -1.74. The number of nitrogen functional groups attached to an aromatic ring is 1. The van der Waals surface area contributed by atoms with Crippen molar-refractivity contribution >= 4 is 14.0 Å². The van der Waals surface area contributed by atoms with Crippen LogP contribution < -0.4 is 10.2 Å². The van der Waals surface area contributed by atoms with Crippen LogP contribution in [0.3, 0.4) is 0 Å². The van der Waals surface area contributed by atoms with Crippen LogP contribution in [-0.2, 0) is 0 Å². The van der Waals surface area contributed by atoms with Gasteiger partial charge in [-0.15, -0.1) is 0 Å². The standard InChI is InChI=1S/C10H20N2OSi/c1-10(2,3)14(4,5)13-9-7-12-6-8(9)11/h6-7,12H,11H2,1-5H3. The van der Waals surface area contributed by atoms with Gasteiger partial charge in [-0.1, -0.05) is 20.8 Å². The normalized spacial score (nSPS) is 12.9. The van der Waals surface area contributed by atoms with Gasteiger partial charge in [0, 0.05) is 12.4 Å². The minimum Gasteiger partial charge on any atom is -0.541 e. The lowest BCUT2D eigenvalue weighted by molar-refractivity contribution is 0.494. The molecule has 14 heavy (non-hydrogen) atoms. The fraction of sp³-hybridized carbons (Fsp3) is 0.600. The lowest BCUT2D eigenvalue weighted by atomic mass is 10.2. The second kappa shape index (κ2) is 3.35. The van der Waals surface area contributed by atoms with E-state index in [0.717, 1.165) is 5.75 Å². The minimum atomic E-state index is -1.74. The maximum Gasteiger partial charge on any atom is 0.250 e. The predicted molar refractivity (Wildman–Crippen MR) is 63.0 cm³/mol. The van der Waals surface area contributed by atoms with E-state index < -0.39 is 8.32 Å². The summed E-state index contributed by atoms with van der Waals surface area (Å²) < 4.78 is 6.02. The smallest absolute Gasteiger partial charge is 0.250 e. The van der Waals surface area contributed by atoms with Crippen molar-refractivity contribution in [1.29, 1.82) is 0 Å². The highest BCUT2D eigenvalue weighted by Gasteiger charge is 2.39. The summed E-state index contributed by atoms with van der Waals surface area (Å²) in [6, 6.07) is 0. The van der Waals surface area contributed by atoms with Gasteiger partial charge < -0.3 is 15.1 Å². The van der Waals surface area contributed by atoms with Gasteiger partial charge in [-0.05, 0) is 18.1 Å². The third-order valence-electron chi connectivity index (χ3n) is 2.91. The number of rotatable bonds is 2. The Kier molecular flexibility index (Phi) is 2.67. The van der Waals surface area contributed by atoms with E-state index in [4.69, 9.17) is 10.2 Å². The number of nitrogens with two attached hydrogens (primary N) is 1. The Labute approximate surface area is 86.8 Å². The molecule has 1 rings (SSSR count). The van der Waals surface area contributed by atoms with Gasteiger partial charge in [-0.25, -0.2) is 0 Å². The van der Waals surface area contributed by atoms with E-state index in [-0.39, 0.29) is 5.04 Å². The van der Waals surface area contributed by atoms with Crippen molar-refractivity contribution in [1.82, 2.24) is 4.98 Å². The molecule has 0 saturated carbocycles. The molecule has 0 aliphatic rings. The molecule has 0 aliphatic carbocycles. The summed E-state index contributed by atoms with van der Waals surface area (Å²) in [5.41, 5.74) is 6.45. The number of hydrogen-bond acceptors (Lipinski definition) is 2. The van der Waals surface area contributed by atoms with E-state index in [2.05, 4.69) is 38.8 Å². The van der Waals surface area contributed by atoms with E-state index >= 15 is 0 Å². The molecule has 0 unspecified atom stereocenters. The van der Waals surface area contributed by atoms with Gasteiger partial charge in [-0.3, -0.25) is 0 Å². The fourth-order valence-corrected chi connectivity index (χ4v) is 1.91. The van der Waals surface area contributed by atoms with Gasteiger partial charge in [0.05, 0.1) is 5.69 Å². The average molecular weight is 212 g/mol. The Bertz CT molecular complexity index is 312. The zero-order valence-corrected chi connectivity index (χ0v) is 10.6. The first-order valence-electron chi connectivity index (χ1n) is 4.85. The van der Waals surface area contributed by atoms with Crippen molar-refractivity contribution in [2.75, 3.05) is 5.73 Å². The molecule has 0 aliphatic heterocycles. The molecule has 0 radical (unpaired) electrons. The van der Waals surface area contributed by atoms with E-state index in [1.54, 1.807) is 6.20 Å². The van der Waals surface area contributed by atoms with Crippen LogP contribution in [0.15, 0.2) is 12.4 Å². The van der Waals surface area contributed by atoms with Crippen LogP contribution in [-0.4, -0.2) is 13.3 Å². The summed E-state index contributed by atoms with van der Waals surface area (Å²) in [5, 5.41) is 0.205.